The fourth-order valence-corrected chi connectivity index (χ4v) is 2.47. The molecule has 0 saturated carbocycles. The number of rotatable bonds is 11. The summed E-state index contributed by atoms with van der Waals surface area (Å²) in [6, 6.07) is 12.2. The summed E-state index contributed by atoms with van der Waals surface area (Å²) in [6.45, 7) is 8.96. The molecule has 1 aromatic carbocycles. The van der Waals surface area contributed by atoms with Crippen molar-refractivity contribution in [2.45, 2.75) is 33.4 Å². The molecule has 26 heavy (non-hydrogen) atoms. The first-order chi connectivity index (χ1) is 12.8. The van der Waals surface area contributed by atoms with E-state index in [1.807, 2.05) is 35.1 Å². The van der Waals surface area contributed by atoms with Crippen molar-refractivity contribution in [2.24, 2.45) is 10.9 Å². The Morgan fingerprint density at radius 1 is 1.23 bits per heavy atom. The highest BCUT2D eigenvalue weighted by atomic mass is 16.5. The molecule has 142 valence electrons. The number of ether oxygens (including phenoxy) is 1. The van der Waals surface area contributed by atoms with Crippen LogP contribution >= 0.6 is 0 Å². The summed E-state index contributed by atoms with van der Waals surface area (Å²) in [5.74, 6) is 1.24. The second-order valence-electron chi connectivity index (χ2n) is 6.37. The van der Waals surface area contributed by atoms with Crippen LogP contribution < -0.4 is 10.6 Å². The molecule has 0 amide bonds. The van der Waals surface area contributed by atoms with Crippen LogP contribution in [-0.4, -0.2) is 42.0 Å². The third-order valence-electron chi connectivity index (χ3n) is 3.83. The lowest BCUT2D eigenvalue weighted by atomic mass is 10.2. The standard InChI is InChI=1S/C20H31N5O/c1-3-21-20(22-11-7-13-25-14-8-12-24-25)23-15-18(2)16-26-17-19-9-5-4-6-10-19/h4-6,8-10,12,14,18H,3,7,11,13,15-17H2,1-2H3,(H2,21,22,23). The Balaban J connectivity index is 1.64. The van der Waals surface area contributed by atoms with Crippen LogP contribution in [0.2, 0.25) is 0 Å². The van der Waals surface area contributed by atoms with E-state index in [4.69, 9.17) is 4.74 Å². The molecule has 1 aromatic heterocycles. The summed E-state index contributed by atoms with van der Waals surface area (Å²) >= 11 is 0. The number of aromatic nitrogens is 2. The molecule has 1 atom stereocenters. The molecule has 0 radical (unpaired) electrons. The number of nitrogens with one attached hydrogen (secondary N) is 2. The van der Waals surface area contributed by atoms with Crippen LogP contribution in [0.5, 0.6) is 0 Å². The molecule has 0 fully saturated rings. The Morgan fingerprint density at radius 2 is 2.08 bits per heavy atom. The van der Waals surface area contributed by atoms with Crippen molar-refractivity contribution >= 4 is 5.96 Å². The van der Waals surface area contributed by atoms with Crippen molar-refractivity contribution in [1.29, 1.82) is 0 Å². The van der Waals surface area contributed by atoms with E-state index in [0.29, 0.717) is 19.1 Å². The molecule has 2 rings (SSSR count). The lowest BCUT2D eigenvalue weighted by Gasteiger charge is -2.14. The maximum absolute atomic E-state index is 5.79. The molecule has 0 aliphatic carbocycles. The van der Waals surface area contributed by atoms with Gasteiger partial charge in [-0.05, 0) is 30.9 Å². The van der Waals surface area contributed by atoms with Gasteiger partial charge in [0.15, 0.2) is 5.96 Å². The maximum Gasteiger partial charge on any atom is 0.191 e. The topological polar surface area (TPSA) is 63.5 Å². The van der Waals surface area contributed by atoms with Gasteiger partial charge in [-0.1, -0.05) is 37.3 Å². The molecule has 0 saturated heterocycles. The summed E-state index contributed by atoms with van der Waals surface area (Å²) < 4.78 is 7.74. The highest BCUT2D eigenvalue weighted by Gasteiger charge is 2.04. The summed E-state index contributed by atoms with van der Waals surface area (Å²) in [5.41, 5.74) is 1.20. The van der Waals surface area contributed by atoms with Gasteiger partial charge < -0.3 is 15.4 Å². The van der Waals surface area contributed by atoms with E-state index in [0.717, 1.165) is 38.6 Å². The van der Waals surface area contributed by atoms with E-state index in [1.54, 1.807) is 6.20 Å². The second-order valence-corrected chi connectivity index (χ2v) is 6.37. The Kier molecular flexibility index (Phi) is 9.29. The zero-order valence-corrected chi connectivity index (χ0v) is 15.9. The van der Waals surface area contributed by atoms with Gasteiger partial charge in [0.1, 0.15) is 0 Å². The third kappa shape index (κ3) is 8.16. The van der Waals surface area contributed by atoms with Crippen molar-refractivity contribution in [3.8, 4) is 0 Å². The Bertz CT molecular complexity index is 612. The van der Waals surface area contributed by atoms with E-state index >= 15 is 0 Å². The third-order valence-corrected chi connectivity index (χ3v) is 3.83. The molecular weight excluding hydrogens is 326 g/mol. The summed E-state index contributed by atoms with van der Waals surface area (Å²) in [6.07, 6.45) is 4.79. The Labute approximate surface area is 156 Å². The lowest BCUT2D eigenvalue weighted by Crippen LogP contribution is -2.38. The number of aryl methyl sites for hydroxylation is 1. The first kappa shape index (κ1) is 20.0. The predicted molar refractivity (Wildman–Crippen MR) is 106 cm³/mol. The van der Waals surface area contributed by atoms with Crippen molar-refractivity contribution in [3.63, 3.8) is 0 Å². The van der Waals surface area contributed by atoms with Gasteiger partial charge in [-0.15, -0.1) is 0 Å². The van der Waals surface area contributed by atoms with Gasteiger partial charge in [-0.2, -0.15) is 5.10 Å². The Hall–Kier alpha value is -2.34. The lowest BCUT2D eigenvalue weighted by molar-refractivity contribution is 0.0945. The van der Waals surface area contributed by atoms with Crippen LogP contribution in [0.4, 0.5) is 0 Å². The van der Waals surface area contributed by atoms with E-state index in [2.05, 4.69) is 46.7 Å². The minimum atomic E-state index is 0.373. The quantitative estimate of drug-likeness (QED) is 0.369. The molecule has 0 aliphatic rings. The zero-order chi connectivity index (χ0) is 18.5. The Morgan fingerprint density at radius 3 is 2.81 bits per heavy atom. The molecule has 6 heteroatoms. The van der Waals surface area contributed by atoms with Gasteiger partial charge in [0.2, 0.25) is 0 Å². The van der Waals surface area contributed by atoms with Crippen LogP contribution in [0.25, 0.3) is 0 Å². The van der Waals surface area contributed by atoms with Crippen molar-refractivity contribution in [2.75, 3.05) is 26.2 Å². The van der Waals surface area contributed by atoms with Gasteiger partial charge in [0.25, 0.3) is 0 Å². The first-order valence-electron chi connectivity index (χ1n) is 9.39. The van der Waals surface area contributed by atoms with Crippen LogP contribution in [-0.2, 0) is 17.9 Å². The molecule has 0 bridgehead atoms. The number of nitrogens with zero attached hydrogens (tertiary/aromatic N) is 3. The SMILES string of the molecule is CCNC(=NCC(C)COCc1ccccc1)NCCCn1cccn1. The summed E-state index contributed by atoms with van der Waals surface area (Å²) in [5, 5.41) is 10.9. The summed E-state index contributed by atoms with van der Waals surface area (Å²) in [4.78, 5) is 4.67. The highest BCUT2D eigenvalue weighted by molar-refractivity contribution is 5.79. The second kappa shape index (κ2) is 12.1. The largest absolute Gasteiger partial charge is 0.376 e. The number of hydrogen-bond donors (Lipinski definition) is 2. The molecule has 1 unspecified atom stereocenters. The average Bonchev–Trinajstić information content (AvgIpc) is 3.17. The summed E-state index contributed by atoms with van der Waals surface area (Å²) in [7, 11) is 0. The zero-order valence-electron chi connectivity index (χ0n) is 15.9. The van der Waals surface area contributed by atoms with E-state index < -0.39 is 0 Å². The first-order valence-corrected chi connectivity index (χ1v) is 9.39. The molecule has 1 heterocycles. The van der Waals surface area contributed by atoms with Crippen LogP contribution in [0, 0.1) is 5.92 Å². The fraction of sp³-hybridized carbons (Fsp3) is 0.500. The van der Waals surface area contributed by atoms with Gasteiger partial charge in [0.05, 0.1) is 13.2 Å². The molecule has 2 N–H and O–H groups in total. The smallest absolute Gasteiger partial charge is 0.191 e. The van der Waals surface area contributed by atoms with Gasteiger partial charge in [0, 0.05) is 38.6 Å². The van der Waals surface area contributed by atoms with Gasteiger partial charge in [-0.25, -0.2) is 0 Å². The van der Waals surface area contributed by atoms with E-state index in [-0.39, 0.29) is 0 Å². The van der Waals surface area contributed by atoms with Gasteiger partial charge in [-0.3, -0.25) is 9.67 Å². The van der Waals surface area contributed by atoms with Crippen LogP contribution in [0.15, 0.2) is 53.8 Å². The average molecular weight is 358 g/mol. The van der Waals surface area contributed by atoms with Crippen molar-refractivity contribution in [3.05, 3.63) is 54.4 Å². The van der Waals surface area contributed by atoms with Crippen LogP contribution in [0.3, 0.4) is 0 Å². The molecule has 2 aromatic rings. The minimum Gasteiger partial charge on any atom is -0.376 e. The molecule has 0 aliphatic heterocycles. The monoisotopic (exact) mass is 357 g/mol. The van der Waals surface area contributed by atoms with Gasteiger partial charge >= 0.3 is 0 Å². The molecular formula is C20H31N5O. The number of guanidine groups is 1. The predicted octanol–water partition coefficient (Wildman–Crippen LogP) is 2.68. The van der Waals surface area contributed by atoms with Crippen molar-refractivity contribution in [1.82, 2.24) is 20.4 Å². The molecule has 6 nitrogen and oxygen atoms in total. The molecule has 0 spiro atoms. The fourth-order valence-electron chi connectivity index (χ4n) is 2.47. The normalized spacial score (nSPS) is 12.8. The number of benzene rings is 1. The van der Waals surface area contributed by atoms with Crippen LogP contribution in [0.1, 0.15) is 25.8 Å². The number of aliphatic imine (C=N–C) groups is 1. The van der Waals surface area contributed by atoms with E-state index in [1.165, 1.54) is 5.56 Å². The van der Waals surface area contributed by atoms with E-state index in [9.17, 15) is 0 Å². The highest BCUT2D eigenvalue weighted by Crippen LogP contribution is 2.03. The maximum atomic E-state index is 5.79. The van der Waals surface area contributed by atoms with Crippen molar-refractivity contribution < 1.29 is 4.74 Å². The number of hydrogen-bond acceptors (Lipinski definition) is 3. The minimum absolute atomic E-state index is 0.373.